The molecule has 0 amide bonds. The van der Waals surface area contributed by atoms with Gasteiger partial charge in [0.15, 0.2) is 17.4 Å². The Kier molecular flexibility index (Phi) is 9.92. The first-order chi connectivity index (χ1) is 15.5. The highest BCUT2D eigenvalue weighted by atomic mass is 19.3. The van der Waals surface area contributed by atoms with Gasteiger partial charge in [-0.25, -0.2) is 8.78 Å². The van der Waals surface area contributed by atoms with Crippen LogP contribution in [0, 0.1) is 29.4 Å². The fourth-order valence-corrected chi connectivity index (χ4v) is 5.58. The standard InChI is InChI=1S/C27H38F4O/c1-2-3-6-19-9-11-20(12-10-19)7-4-5-8-21-13-15-22(16-14-21)23-17-24(28)26(25(29)18-23)32-27(30)31/h4,7,17-22,27H,2-3,5-6,8-16H2,1H3/b7-4+. The summed E-state index contributed by atoms with van der Waals surface area (Å²) in [6.45, 7) is -0.971. The fraction of sp³-hybridized carbons (Fsp3) is 0.704. The minimum absolute atomic E-state index is 0.0780. The monoisotopic (exact) mass is 454 g/mol. The highest BCUT2D eigenvalue weighted by Gasteiger charge is 2.25. The van der Waals surface area contributed by atoms with Gasteiger partial charge >= 0.3 is 6.61 Å². The molecular formula is C27H38F4O. The topological polar surface area (TPSA) is 9.23 Å². The van der Waals surface area contributed by atoms with Crippen LogP contribution in [0.4, 0.5) is 17.6 Å². The molecule has 1 aromatic carbocycles. The summed E-state index contributed by atoms with van der Waals surface area (Å²) < 4.78 is 56.6. The van der Waals surface area contributed by atoms with Crippen LogP contribution in [-0.4, -0.2) is 6.61 Å². The maximum absolute atomic E-state index is 14.0. The minimum Gasteiger partial charge on any atom is -0.429 e. The number of hydrogen-bond donors (Lipinski definition) is 0. The van der Waals surface area contributed by atoms with Gasteiger partial charge in [0.05, 0.1) is 0 Å². The van der Waals surface area contributed by atoms with Crippen molar-refractivity contribution in [3.63, 3.8) is 0 Å². The van der Waals surface area contributed by atoms with Crippen molar-refractivity contribution in [2.24, 2.45) is 17.8 Å². The Labute approximate surface area is 190 Å². The molecule has 32 heavy (non-hydrogen) atoms. The first-order valence-electron chi connectivity index (χ1n) is 12.6. The van der Waals surface area contributed by atoms with Gasteiger partial charge in [-0.05, 0) is 106 Å². The second kappa shape index (κ2) is 12.6. The van der Waals surface area contributed by atoms with E-state index in [0.717, 1.165) is 56.1 Å². The minimum atomic E-state index is -3.24. The Morgan fingerprint density at radius 1 is 0.906 bits per heavy atom. The van der Waals surface area contributed by atoms with E-state index >= 15 is 0 Å². The van der Waals surface area contributed by atoms with Gasteiger partial charge in [-0.3, -0.25) is 0 Å². The van der Waals surface area contributed by atoms with E-state index in [2.05, 4.69) is 23.8 Å². The third kappa shape index (κ3) is 7.52. The molecule has 2 aliphatic rings. The van der Waals surface area contributed by atoms with Crippen molar-refractivity contribution >= 4 is 0 Å². The van der Waals surface area contributed by atoms with Gasteiger partial charge in [0.2, 0.25) is 0 Å². The van der Waals surface area contributed by atoms with Crippen molar-refractivity contribution in [1.29, 1.82) is 0 Å². The first-order valence-corrected chi connectivity index (χ1v) is 12.6. The van der Waals surface area contributed by atoms with Gasteiger partial charge in [-0.2, -0.15) is 8.78 Å². The van der Waals surface area contributed by atoms with E-state index in [1.807, 2.05) is 0 Å². The first kappa shape index (κ1) is 25.1. The largest absolute Gasteiger partial charge is 0.429 e. The highest BCUT2D eigenvalue weighted by molar-refractivity contribution is 5.33. The molecule has 0 N–H and O–H groups in total. The summed E-state index contributed by atoms with van der Waals surface area (Å²) in [6.07, 6.45) is 20.4. The second-order valence-electron chi connectivity index (χ2n) is 9.84. The lowest BCUT2D eigenvalue weighted by Crippen LogP contribution is -2.14. The maximum Gasteiger partial charge on any atom is 0.387 e. The summed E-state index contributed by atoms with van der Waals surface area (Å²) in [5, 5.41) is 0. The molecule has 0 saturated heterocycles. The molecule has 0 radical (unpaired) electrons. The summed E-state index contributed by atoms with van der Waals surface area (Å²) in [5.41, 5.74) is 0.550. The van der Waals surface area contributed by atoms with Crippen molar-refractivity contribution in [3.8, 4) is 5.75 Å². The number of alkyl halides is 2. The van der Waals surface area contributed by atoms with Crippen LogP contribution in [0.1, 0.15) is 102 Å². The van der Waals surface area contributed by atoms with E-state index < -0.39 is 24.0 Å². The van der Waals surface area contributed by atoms with Crippen LogP contribution in [0.5, 0.6) is 5.75 Å². The predicted octanol–water partition coefficient (Wildman–Crippen LogP) is 9.17. The average Bonchev–Trinajstić information content (AvgIpc) is 2.78. The number of benzene rings is 1. The molecule has 0 aromatic heterocycles. The fourth-order valence-electron chi connectivity index (χ4n) is 5.58. The smallest absolute Gasteiger partial charge is 0.387 e. The average molecular weight is 455 g/mol. The maximum atomic E-state index is 14.0. The van der Waals surface area contributed by atoms with Gasteiger partial charge in [-0.15, -0.1) is 0 Å². The zero-order valence-electron chi connectivity index (χ0n) is 19.3. The van der Waals surface area contributed by atoms with Crippen molar-refractivity contribution in [1.82, 2.24) is 0 Å². The third-order valence-corrected chi connectivity index (χ3v) is 7.55. The van der Waals surface area contributed by atoms with E-state index in [1.54, 1.807) is 0 Å². The van der Waals surface area contributed by atoms with Crippen LogP contribution in [-0.2, 0) is 0 Å². The Morgan fingerprint density at radius 3 is 2.09 bits per heavy atom. The molecule has 0 heterocycles. The van der Waals surface area contributed by atoms with Gasteiger partial charge in [0, 0.05) is 0 Å². The van der Waals surface area contributed by atoms with Gasteiger partial charge in [-0.1, -0.05) is 38.3 Å². The molecule has 3 rings (SSSR count). The van der Waals surface area contributed by atoms with E-state index in [1.165, 1.54) is 51.4 Å². The molecule has 180 valence electrons. The molecule has 0 bridgehead atoms. The quantitative estimate of drug-likeness (QED) is 0.253. The molecule has 5 heteroatoms. The number of halogens is 4. The normalized spacial score (nSPS) is 26.7. The molecule has 1 nitrogen and oxygen atoms in total. The van der Waals surface area contributed by atoms with Gasteiger partial charge in [0.25, 0.3) is 0 Å². The van der Waals surface area contributed by atoms with Gasteiger partial charge in [0.1, 0.15) is 0 Å². The molecule has 0 spiro atoms. The van der Waals surface area contributed by atoms with E-state index in [0.29, 0.717) is 11.5 Å². The highest BCUT2D eigenvalue weighted by Crippen LogP contribution is 2.39. The van der Waals surface area contributed by atoms with E-state index in [-0.39, 0.29) is 5.92 Å². The zero-order chi connectivity index (χ0) is 22.9. The molecule has 2 aliphatic carbocycles. The van der Waals surface area contributed by atoms with Gasteiger partial charge < -0.3 is 4.74 Å². The number of ether oxygens (including phenoxy) is 1. The van der Waals surface area contributed by atoms with Crippen molar-refractivity contribution in [2.75, 3.05) is 0 Å². The molecule has 0 aliphatic heterocycles. The molecule has 2 fully saturated rings. The Hall–Kier alpha value is -1.52. The van der Waals surface area contributed by atoms with Crippen LogP contribution in [0.15, 0.2) is 24.3 Å². The molecule has 2 saturated carbocycles. The summed E-state index contributed by atoms with van der Waals surface area (Å²) in [5.74, 6) is -0.654. The lowest BCUT2D eigenvalue weighted by Gasteiger charge is -2.29. The van der Waals surface area contributed by atoms with Crippen LogP contribution in [0.25, 0.3) is 0 Å². The summed E-state index contributed by atoms with van der Waals surface area (Å²) in [4.78, 5) is 0. The van der Waals surface area contributed by atoms with Crippen LogP contribution in [0.3, 0.4) is 0 Å². The van der Waals surface area contributed by atoms with Crippen LogP contribution in [0.2, 0.25) is 0 Å². The molecular weight excluding hydrogens is 416 g/mol. The number of unbranched alkanes of at least 4 members (excludes halogenated alkanes) is 1. The van der Waals surface area contributed by atoms with E-state index in [9.17, 15) is 17.6 Å². The lowest BCUT2D eigenvalue weighted by molar-refractivity contribution is -0.0546. The Morgan fingerprint density at radius 2 is 1.50 bits per heavy atom. The zero-order valence-corrected chi connectivity index (χ0v) is 19.3. The Balaban J connectivity index is 1.37. The molecule has 0 unspecified atom stereocenters. The van der Waals surface area contributed by atoms with Crippen molar-refractivity contribution in [2.45, 2.75) is 103 Å². The van der Waals surface area contributed by atoms with Crippen molar-refractivity contribution in [3.05, 3.63) is 41.5 Å². The second-order valence-corrected chi connectivity index (χ2v) is 9.84. The van der Waals surface area contributed by atoms with Crippen molar-refractivity contribution < 1.29 is 22.3 Å². The SMILES string of the molecule is CCCCC1CCC(/C=C/CCC2CCC(c3cc(F)c(OC(F)F)c(F)c3)CC2)CC1. The summed E-state index contributed by atoms with van der Waals surface area (Å²) in [6, 6.07) is 2.32. The summed E-state index contributed by atoms with van der Waals surface area (Å²) >= 11 is 0. The Bertz CT molecular complexity index is 693. The molecule has 1 aromatic rings. The predicted molar refractivity (Wildman–Crippen MR) is 121 cm³/mol. The lowest BCUT2D eigenvalue weighted by atomic mass is 9.77. The third-order valence-electron chi connectivity index (χ3n) is 7.55. The summed E-state index contributed by atoms with van der Waals surface area (Å²) in [7, 11) is 0. The van der Waals surface area contributed by atoms with Crippen LogP contribution < -0.4 is 4.74 Å². The van der Waals surface area contributed by atoms with Crippen LogP contribution >= 0.6 is 0 Å². The van der Waals surface area contributed by atoms with E-state index in [4.69, 9.17) is 0 Å². The number of rotatable bonds is 10. The molecule has 0 atom stereocenters. The number of hydrogen-bond acceptors (Lipinski definition) is 1. The number of allylic oxidation sites excluding steroid dienone is 2.